The second-order valence-electron chi connectivity index (χ2n) is 7.99. The molecule has 4 rings (SSSR count). The molecule has 2 N–H and O–H groups in total. The van der Waals surface area contributed by atoms with Crippen molar-refractivity contribution in [3.8, 4) is 11.4 Å². The second-order valence-corrected chi connectivity index (χ2v) is 7.99. The number of carbonyl (C=O) groups excluding carboxylic acids is 1. The molecule has 0 saturated carbocycles. The average Bonchev–Trinajstić information content (AvgIpc) is 3.19. The highest BCUT2D eigenvalue weighted by Gasteiger charge is 2.22. The first kappa shape index (κ1) is 20.5. The molecular formula is C24H25N5O2. The predicted molar refractivity (Wildman–Crippen MR) is 120 cm³/mol. The standard InChI is InChI=1S/C24H25N5O2/c1-15(2)24(27-22(30)12-17-9-5-4-8-16(17)3)20-14-23(31)29-21(26-20)13-19(28-29)18-10-6-7-11-25-18/h4-11,13-15,24,28H,12H2,1-3H3,(H,27,30)/t24-/m1/s1. The summed E-state index contributed by atoms with van der Waals surface area (Å²) in [6.45, 7) is 5.99. The Kier molecular flexibility index (Phi) is 5.66. The van der Waals surface area contributed by atoms with Gasteiger partial charge in [0.05, 0.1) is 29.5 Å². The van der Waals surface area contributed by atoms with Crippen LogP contribution in [0.15, 0.2) is 65.6 Å². The van der Waals surface area contributed by atoms with Crippen LogP contribution in [0.25, 0.3) is 17.0 Å². The van der Waals surface area contributed by atoms with Gasteiger partial charge in [-0.3, -0.25) is 19.7 Å². The molecule has 3 aromatic heterocycles. The van der Waals surface area contributed by atoms with Crippen molar-refractivity contribution in [3.63, 3.8) is 0 Å². The Hall–Kier alpha value is -3.74. The van der Waals surface area contributed by atoms with Crippen molar-refractivity contribution < 1.29 is 4.79 Å². The molecule has 4 aromatic rings. The van der Waals surface area contributed by atoms with Gasteiger partial charge in [-0.1, -0.05) is 44.2 Å². The van der Waals surface area contributed by atoms with Gasteiger partial charge in [0.2, 0.25) is 5.91 Å². The maximum atomic E-state index is 12.8. The van der Waals surface area contributed by atoms with E-state index in [9.17, 15) is 9.59 Å². The number of fused-ring (bicyclic) bond motifs is 1. The molecule has 0 fully saturated rings. The van der Waals surface area contributed by atoms with Crippen LogP contribution in [0.5, 0.6) is 0 Å². The molecular weight excluding hydrogens is 390 g/mol. The molecule has 0 saturated heterocycles. The number of benzene rings is 1. The molecule has 0 unspecified atom stereocenters. The normalized spacial score (nSPS) is 12.3. The van der Waals surface area contributed by atoms with Crippen LogP contribution in [-0.4, -0.2) is 25.5 Å². The summed E-state index contributed by atoms with van der Waals surface area (Å²) in [5, 5.41) is 6.11. The van der Waals surface area contributed by atoms with Crippen LogP contribution in [0.4, 0.5) is 0 Å². The second kappa shape index (κ2) is 8.55. The zero-order chi connectivity index (χ0) is 22.0. The van der Waals surface area contributed by atoms with E-state index >= 15 is 0 Å². The Morgan fingerprint density at radius 3 is 2.61 bits per heavy atom. The summed E-state index contributed by atoms with van der Waals surface area (Å²) in [5.74, 6) is -0.0392. The third-order valence-corrected chi connectivity index (χ3v) is 5.33. The molecule has 0 aliphatic carbocycles. The number of pyridine rings is 1. The van der Waals surface area contributed by atoms with Gasteiger partial charge in [-0.05, 0) is 36.1 Å². The fourth-order valence-electron chi connectivity index (χ4n) is 3.61. The van der Waals surface area contributed by atoms with Crippen molar-refractivity contribution in [2.24, 2.45) is 5.92 Å². The summed E-state index contributed by atoms with van der Waals surface area (Å²) in [6, 6.07) is 16.3. The van der Waals surface area contributed by atoms with Gasteiger partial charge in [-0.25, -0.2) is 9.50 Å². The third kappa shape index (κ3) is 4.40. The van der Waals surface area contributed by atoms with Gasteiger partial charge >= 0.3 is 0 Å². The molecule has 1 amide bonds. The van der Waals surface area contributed by atoms with E-state index in [0.717, 1.165) is 16.8 Å². The maximum absolute atomic E-state index is 12.8. The van der Waals surface area contributed by atoms with Crippen LogP contribution in [0.2, 0.25) is 0 Å². The first-order valence-electron chi connectivity index (χ1n) is 10.3. The predicted octanol–water partition coefficient (Wildman–Crippen LogP) is 3.45. The van der Waals surface area contributed by atoms with Crippen LogP contribution in [0.3, 0.4) is 0 Å². The van der Waals surface area contributed by atoms with E-state index in [1.165, 1.54) is 10.6 Å². The molecule has 0 bridgehead atoms. The summed E-state index contributed by atoms with van der Waals surface area (Å²) in [5.41, 5.74) is 4.28. The van der Waals surface area contributed by atoms with Gasteiger partial charge in [0.15, 0.2) is 5.65 Å². The van der Waals surface area contributed by atoms with Gasteiger partial charge < -0.3 is 5.32 Å². The van der Waals surface area contributed by atoms with E-state index in [1.807, 2.05) is 63.2 Å². The van der Waals surface area contributed by atoms with Crippen molar-refractivity contribution in [3.05, 3.63) is 88.0 Å². The number of carbonyl (C=O) groups is 1. The van der Waals surface area contributed by atoms with Crippen molar-refractivity contribution in [1.82, 2.24) is 24.9 Å². The van der Waals surface area contributed by atoms with E-state index in [0.29, 0.717) is 17.0 Å². The number of aromatic nitrogens is 4. The topological polar surface area (TPSA) is 92.2 Å². The number of rotatable bonds is 6. The number of nitrogens with zero attached hydrogens (tertiary/aromatic N) is 3. The number of aromatic amines is 1. The van der Waals surface area contributed by atoms with Crippen molar-refractivity contribution in [2.45, 2.75) is 33.2 Å². The molecule has 7 nitrogen and oxygen atoms in total. The fraction of sp³-hybridized carbons (Fsp3) is 0.250. The van der Waals surface area contributed by atoms with E-state index in [1.54, 1.807) is 12.3 Å². The monoisotopic (exact) mass is 415 g/mol. The van der Waals surface area contributed by atoms with Gasteiger partial charge in [0, 0.05) is 18.3 Å². The van der Waals surface area contributed by atoms with E-state index in [2.05, 4.69) is 20.4 Å². The van der Waals surface area contributed by atoms with E-state index in [4.69, 9.17) is 0 Å². The molecule has 31 heavy (non-hydrogen) atoms. The Morgan fingerprint density at radius 1 is 1.13 bits per heavy atom. The molecule has 0 aliphatic heterocycles. The van der Waals surface area contributed by atoms with Crippen LogP contribution in [-0.2, 0) is 11.2 Å². The molecule has 7 heteroatoms. The Morgan fingerprint density at radius 2 is 1.90 bits per heavy atom. The Labute approximate surface area is 180 Å². The number of hydrogen-bond acceptors (Lipinski definition) is 4. The first-order chi connectivity index (χ1) is 14.9. The number of nitrogens with one attached hydrogen (secondary N) is 2. The minimum Gasteiger partial charge on any atom is -0.347 e. The fourth-order valence-corrected chi connectivity index (χ4v) is 3.61. The largest absolute Gasteiger partial charge is 0.347 e. The maximum Gasteiger partial charge on any atom is 0.272 e. The molecule has 0 aliphatic rings. The van der Waals surface area contributed by atoms with Crippen LogP contribution >= 0.6 is 0 Å². The van der Waals surface area contributed by atoms with Gasteiger partial charge in [0.25, 0.3) is 5.56 Å². The van der Waals surface area contributed by atoms with Crippen molar-refractivity contribution in [2.75, 3.05) is 0 Å². The lowest BCUT2D eigenvalue weighted by molar-refractivity contribution is -0.121. The Balaban J connectivity index is 1.63. The highest BCUT2D eigenvalue weighted by Crippen LogP contribution is 2.21. The molecule has 0 radical (unpaired) electrons. The van der Waals surface area contributed by atoms with Crippen LogP contribution < -0.4 is 10.9 Å². The molecule has 1 atom stereocenters. The lowest BCUT2D eigenvalue weighted by atomic mass is 9.99. The molecule has 0 spiro atoms. The quantitative estimate of drug-likeness (QED) is 0.505. The zero-order valence-electron chi connectivity index (χ0n) is 17.8. The van der Waals surface area contributed by atoms with E-state index < -0.39 is 0 Å². The SMILES string of the molecule is Cc1ccccc1CC(=O)N[C@@H](c1cc(=O)n2[nH]c(-c3ccccn3)cc2n1)C(C)C. The summed E-state index contributed by atoms with van der Waals surface area (Å²) in [6.07, 6.45) is 1.98. The third-order valence-electron chi connectivity index (χ3n) is 5.33. The van der Waals surface area contributed by atoms with Crippen molar-refractivity contribution >= 4 is 11.6 Å². The number of aryl methyl sites for hydroxylation is 1. The summed E-state index contributed by atoms with van der Waals surface area (Å²) >= 11 is 0. The highest BCUT2D eigenvalue weighted by molar-refractivity contribution is 5.79. The van der Waals surface area contributed by atoms with Crippen molar-refractivity contribution in [1.29, 1.82) is 0 Å². The summed E-state index contributed by atoms with van der Waals surface area (Å²) < 4.78 is 1.39. The van der Waals surface area contributed by atoms with Gasteiger partial charge in [-0.2, -0.15) is 0 Å². The molecule has 1 aromatic carbocycles. The van der Waals surface area contributed by atoms with E-state index in [-0.39, 0.29) is 29.8 Å². The van der Waals surface area contributed by atoms with Gasteiger partial charge in [-0.15, -0.1) is 0 Å². The number of amides is 1. The lowest BCUT2D eigenvalue weighted by Gasteiger charge is -2.22. The lowest BCUT2D eigenvalue weighted by Crippen LogP contribution is -2.34. The first-order valence-corrected chi connectivity index (χ1v) is 10.3. The number of hydrogen-bond donors (Lipinski definition) is 2. The summed E-state index contributed by atoms with van der Waals surface area (Å²) in [7, 11) is 0. The van der Waals surface area contributed by atoms with Gasteiger partial charge in [0.1, 0.15) is 0 Å². The minimum atomic E-state index is -0.373. The highest BCUT2D eigenvalue weighted by atomic mass is 16.1. The molecule has 3 heterocycles. The summed E-state index contributed by atoms with van der Waals surface area (Å²) in [4.78, 5) is 34.5. The smallest absolute Gasteiger partial charge is 0.272 e. The number of H-pyrrole nitrogens is 1. The average molecular weight is 415 g/mol. The Bertz CT molecular complexity index is 1270. The zero-order valence-corrected chi connectivity index (χ0v) is 17.8. The van der Waals surface area contributed by atoms with Crippen LogP contribution in [0, 0.1) is 12.8 Å². The minimum absolute atomic E-state index is 0.0596. The molecule has 158 valence electrons. The van der Waals surface area contributed by atoms with Crippen LogP contribution in [0.1, 0.15) is 36.7 Å².